The first kappa shape index (κ1) is 28.5. The van der Waals surface area contributed by atoms with Gasteiger partial charge in [0.05, 0.1) is 18.4 Å². The van der Waals surface area contributed by atoms with Gasteiger partial charge in [0, 0.05) is 17.3 Å². The van der Waals surface area contributed by atoms with E-state index in [1.807, 2.05) is 0 Å². The van der Waals surface area contributed by atoms with E-state index in [1.54, 1.807) is 66.7 Å². The van der Waals surface area contributed by atoms with E-state index in [0.717, 1.165) is 4.90 Å². The molecule has 0 radical (unpaired) electrons. The van der Waals surface area contributed by atoms with Crippen LogP contribution in [0.25, 0.3) is 0 Å². The van der Waals surface area contributed by atoms with Crippen LogP contribution >= 0.6 is 11.6 Å². The second-order valence-corrected chi connectivity index (χ2v) is 9.93. The molecule has 212 valence electrons. The summed E-state index contributed by atoms with van der Waals surface area (Å²) in [4.78, 5) is 55.9. The number of carbonyl (C=O) groups excluding carboxylic acids is 4. The average molecular weight is 586 g/mol. The van der Waals surface area contributed by atoms with Gasteiger partial charge in [0.2, 0.25) is 5.91 Å². The third-order valence-corrected chi connectivity index (χ3v) is 7.26. The number of carbonyl (C=O) groups is 4. The summed E-state index contributed by atoms with van der Waals surface area (Å²) >= 11 is 6.45. The first-order chi connectivity index (χ1) is 20.3. The Morgan fingerprint density at radius 3 is 2.29 bits per heavy atom. The lowest BCUT2D eigenvalue weighted by Crippen LogP contribution is -2.46. The van der Waals surface area contributed by atoms with Crippen LogP contribution in [0.1, 0.15) is 27.5 Å². The summed E-state index contributed by atoms with van der Waals surface area (Å²) in [5.41, 5.74) is 1.81. The van der Waals surface area contributed by atoms with Crippen molar-refractivity contribution >= 4 is 46.5 Å². The number of anilines is 2. The molecular formula is C32H25ClFN3O5. The minimum absolute atomic E-state index is 0.117. The average Bonchev–Trinajstić information content (AvgIpc) is 3.24. The molecule has 4 aromatic rings. The Hall–Kier alpha value is -5.02. The number of halogens is 2. The molecule has 1 aliphatic rings. The zero-order valence-corrected chi connectivity index (χ0v) is 23.2. The van der Waals surface area contributed by atoms with Crippen LogP contribution in [0, 0.1) is 5.82 Å². The molecule has 0 aromatic heterocycles. The molecule has 5 rings (SSSR count). The third-order valence-electron chi connectivity index (χ3n) is 6.89. The highest BCUT2D eigenvalue weighted by molar-refractivity contribution is 6.52. The summed E-state index contributed by atoms with van der Waals surface area (Å²) in [6.07, 6.45) is 0. The predicted octanol–water partition coefficient (Wildman–Crippen LogP) is 5.43. The van der Waals surface area contributed by atoms with Crippen LogP contribution in [0.4, 0.5) is 15.8 Å². The molecule has 0 saturated heterocycles. The van der Waals surface area contributed by atoms with Gasteiger partial charge in [-0.05, 0) is 65.7 Å². The minimum atomic E-state index is -1.26. The number of rotatable bonds is 9. The molecule has 1 heterocycles. The van der Waals surface area contributed by atoms with Crippen molar-refractivity contribution in [2.45, 2.75) is 12.6 Å². The lowest BCUT2D eigenvalue weighted by molar-refractivity contribution is -0.139. The van der Waals surface area contributed by atoms with E-state index in [9.17, 15) is 23.6 Å². The maximum Gasteiger partial charge on any atom is 0.299 e. The number of benzene rings is 4. The number of amides is 3. The van der Waals surface area contributed by atoms with Gasteiger partial charge in [-0.25, -0.2) is 4.39 Å². The molecule has 1 aliphatic heterocycles. The summed E-state index contributed by atoms with van der Waals surface area (Å²) < 4.78 is 19.1. The van der Waals surface area contributed by atoms with Crippen molar-refractivity contribution in [2.75, 3.05) is 23.9 Å². The van der Waals surface area contributed by atoms with Crippen LogP contribution in [-0.2, 0) is 20.9 Å². The van der Waals surface area contributed by atoms with Gasteiger partial charge < -0.3 is 15.0 Å². The maximum atomic E-state index is 14.1. The number of nitrogens with one attached hydrogen (secondary N) is 1. The van der Waals surface area contributed by atoms with E-state index in [-0.39, 0.29) is 12.1 Å². The fraction of sp³-hybridized carbons (Fsp3) is 0.125. The predicted molar refractivity (Wildman–Crippen MR) is 156 cm³/mol. The zero-order valence-electron chi connectivity index (χ0n) is 22.4. The zero-order chi connectivity index (χ0) is 29.8. The van der Waals surface area contributed by atoms with Gasteiger partial charge in [-0.15, -0.1) is 0 Å². The highest BCUT2D eigenvalue weighted by Crippen LogP contribution is 2.31. The summed E-state index contributed by atoms with van der Waals surface area (Å²) in [7, 11) is 1.52. The lowest BCUT2D eigenvalue weighted by Gasteiger charge is -2.33. The summed E-state index contributed by atoms with van der Waals surface area (Å²) in [5, 5.41) is 3.18. The smallest absolute Gasteiger partial charge is 0.299 e. The minimum Gasteiger partial charge on any atom is -0.497 e. The van der Waals surface area contributed by atoms with Crippen LogP contribution in [0.2, 0.25) is 5.02 Å². The molecule has 1 N–H and O–H groups in total. The molecule has 42 heavy (non-hydrogen) atoms. The Morgan fingerprint density at radius 2 is 1.60 bits per heavy atom. The third kappa shape index (κ3) is 5.87. The van der Waals surface area contributed by atoms with Crippen LogP contribution in [0.15, 0.2) is 97.1 Å². The molecule has 1 atom stereocenters. The normalized spacial score (nSPS) is 13.0. The molecule has 0 bridgehead atoms. The number of para-hydroxylation sites is 1. The number of ketones is 1. The Kier molecular flexibility index (Phi) is 8.31. The molecule has 4 aromatic carbocycles. The van der Waals surface area contributed by atoms with Gasteiger partial charge in [0.1, 0.15) is 24.2 Å². The molecular weight excluding hydrogens is 561 g/mol. The largest absolute Gasteiger partial charge is 0.497 e. The molecule has 3 amide bonds. The van der Waals surface area contributed by atoms with E-state index >= 15 is 0 Å². The number of hydrogen-bond acceptors (Lipinski definition) is 5. The van der Waals surface area contributed by atoms with Gasteiger partial charge in [-0.1, -0.05) is 54.1 Å². The highest BCUT2D eigenvalue weighted by Gasteiger charge is 2.39. The van der Waals surface area contributed by atoms with Gasteiger partial charge >= 0.3 is 0 Å². The summed E-state index contributed by atoms with van der Waals surface area (Å²) in [6, 6.07) is 23.8. The number of fused-ring (bicyclic) bond motifs is 1. The molecule has 10 heteroatoms. The number of nitrogens with zero attached hydrogens (tertiary/aromatic N) is 2. The Bertz CT molecular complexity index is 1660. The summed E-state index contributed by atoms with van der Waals surface area (Å²) in [5.74, 6) is -2.71. The molecule has 0 unspecified atom stereocenters. The molecule has 0 saturated carbocycles. The summed E-state index contributed by atoms with van der Waals surface area (Å²) in [6.45, 7) is -0.631. The quantitative estimate of drug-likeness (QED) is 0.264. The van der Waals surface area contributed by atoms with Crippen molar-refractivity contribution in [3.05, 3.63) is 125 Å². The number of methoxy groups -OCH3 is 1. The molecule has 0 spiro atoms. The second-order valence-electron chi connectivity index (χ2n) is 9.52. The molecule has 0 fully saturated rings. The SMILES string of the molecule is COc1ccc(NC(=O)[C@@H](c2ccc(F)cc2)N(Cc2ccccc2Cl)C(=O)CN2C(=O)C(=O)c3ccccc32)cc1. The highest BCUT2D eigenvalue weighted by atomic mass is 35.5. The van der Waals surface area contributed by atoms with Crippen molar-refractivity contribution in [1.29, 1.82) is 0 Å². The monoisotopic (exact) mass is 585 g/mol. The Labute approximate surface area is 246 Å². The maximum absolute atomic E-state index is 14.1. The van der Waals surface area contributed by atoms with Gasteiger partial charge in [0.15, 0.2) is 0 Å². The van der Waals surface area contributed by atoms with Crippen molar-refractivity contribution in [1.82, 2.24) is 4.90 Å². The van der Waals surface area contributed by atoms with Gasteiger partial charge in [-0.3, -0.25) is 24.1 Å². The topological polar surface area (TPSA) is 96.0 Å². The Balaban J connectivity index is 1.55. The van der Waals surface area contributed by atoms with E-state index < -0.39 is 41.9 Å². The Morgan fingerprint density at radius 1 is 0.929 bits per heavy atom. The van der Waals surface area contributed by atoms with Crippen molar-refractivity contribution in [2.24, 2.45) is 0 Å². The van der Waals surface area contributed by atoms with E-state index in [4.69, 9.17) is 16.3 Å². The van der Waals surface area contributed by atoms with Crippen LogP contribution in [0.5, 0.6) is 5.75 Å². The number of ether oxygens (including phenoxy) is 1. The van der Waals surface area contributed by atoms with Crippen molar-refractivity contribution < 1.29 is 28.3 Å². The van der Waals surface area contributed by atoms with Crippen LogP contribution in [-0.4, -0.2) is 42.1 Å². The number of Topliss-reactive ketones (excluding diaryl/α,β-unsaturated/α-hetero) is 1. The van der Waals surface area contributed by atoms with Crippen LogP contribution < -0.4 is 15.0 Å². The van der Waals surface area contributed by atoms with Crippen molar-refractivity contribution in [3.8, 4) is 5.75 Å². The van der Waals surface area contributed by atoms with Gasteiger partial charge in [-0.2, -0.15) is 0 Å². The standard InChI is InChI=1S/C32H25ClFN3O5/c1-42-24-16-14-23(15-17-24)35-31(40)29(20-10-12-22(34)13-11-20)37(18-21-6-2-4-8-26(21)33)28(38)19-36-27-9-5-3-7-25(27)30(39)32(36)41/h2-17,29H,18-19H2,1H3,(H,35,40)/t29-/m1/s1. The van der Waals surface area contributed by atoms with E-state index in [0.29, 0.717) is 33.3 Å². The fourth-order valence-corrected chi connectivity index (χ4v) is 4.96. The van der Waals surface area contributed by atoms with Crippen LogP contribution in [0.3, 0.4) is 0 Å². The lowest BCUT2D eigenvalue weighted by atomic mass is 10.0. The molecule has 0 aliphatic carbocycles. The van der Waals surface area contributed by atoms with E-state index in [1.165, 1.54) is 42.3 Å². The second kappa shape index (κ2) is 12.2. The number of hydrogen-bond donors (Lipinski definition) is 1. The molecule has 8 nitrogen and oxygen atoms in total. The van der Waals surface area contributed by atoms with E-state index in [2.05, 4.69) is 5.32 Å². The fourth-order valence-electron chi connectivity index (χ4n) is 4.77. The first-order valence-corrected chi connectivity index (χ1v) is 13.3. The van der Waals surface area contributed by atoms with Gasteiger partial charge in [0.25, 0.3) is 17.6 Å². The van der Waals surface area contributed by atoms with Crippen molar-refractivity contribution in [3.63, 3.8) is 0 Å². The first-order valence-electron chi connectivity index (χ1n) is 13.0.